The molecule has 0 aromatic heterocycles. The third-order valence-corrected chi connectivity index (χ3v) is 4.32. The number of aryl methyl sites for hydroxylation is 1. The molecule has 1 heterocycles. The third kappa shape index (κ3) is 3.99. The average molecular weight is 339 g/mol. The summed E-state index contributed by atoms with van der Waals surface area (Å²) in [5, 5.41) is 2.87. The van der Waals surface area contributed by atoms with E-state index in [1.807, 2.05) is 32.0 Å². The lowest BCUT2D eigenvalue weighted by molar-refractivity contribution is -0.116. The first-order valence-corrected chi connectivity index (χ1v) is 8.33. The Hall–Kier alpha value is -2.82. The molecular weight excluding hydrogens is 318 g/mol. The van der Waals surface area contributed by atoms with Gasteiger partial charge in [0.1, 0.15) is 13.2 Å². The van der Waals surface area contributed by atoms with Crippen LogP contribution in [0.25, 0.3) is 0 Å². The van der Waals surface area contributed by atoms with Crippen LogP contribution in [0.1, 0.15) is 34.3 Å². The largest absolute Gasteiger partial charge is 0.486 e. The quantitative estimate of drug-likeness (QED) is 0.844. The van der Waals surface area contributed by atoms with Gasteiger partial charge >= 0.3 is 0 Å². The van der Waals surface area contributed by atoms with Crippen molar-refractivity contribution < 1.29 is 19.1 Å². The predicted molar refractivity (Wildman–Crippen MR) is 95.5 cm³/mol. The Morgan fingerprint density at radius 1 is 1.00 bits per heavy atom. The van der Waals surface area contributed by atoms with Crippen LogP contribution >= 0.6 is 0 Å². The first-order chi connectivity index (χ1) is 12.0. The molecule has 0 bridgehead atoms. The summed E-state index contributed by atoms with van der Waals surface area (Å²) in [6.45, 7) is 4.95. The molecule has 0 fully saturated rings. The number of amides is 1. The molecule has 130 valence electrons. The molecule has 1 aliphatic rings. The normalized spacial score (nSPS) is 12.6. The zero-order valence-electron chi connectivity index (χ0n) is 14.4. The second-order valence-corrected chi connectivity index (χ2v) is 6.08. The predicted octanol–water partition coefficient (Wildman–Crippen LogP) is 3.68. The van der Waals surface area contributed by atoms with Gasteiger partial charge in [0.05, 0.1) is 0 Å². The van der Waals surface area contributed by atoms with Crippen molar-refractivity contribution in [2.24, 2.45) is 0 Å². The zero-order valence-corrected chi connectivity index (χ0v) is 14.4. The number of anilines is 1. The maximum absolute atomic E-state index is 12.3. The van der Waals surface area contributed by atoms with Crippen molar-refractivity contribution in [1.82, 2.24) is 0 Å². The standard InChI is InChI=1S/C20H21NO4/c1-13-4-3-5-16(14(13)2)21-20(23)9-7-17(22)15-6-8-18-19(12-15)25-11-10-24-18/h3-6,8,12H,7,9-11H2,1-2H3,(H,21,23). The lowest BCUT2D eigenvalue weighted by atomic mass is 10.0. The number of carbonyl (C=O) groups excluding carboxylic acids is 2. The van der Waals surface area contributed by atoms with E-state index < -0.39 is 0 Å². The fourth-order valence-electron chi connectivity index (χ4n) is 2.69. The lowest BCUT2D eigenvalue weighted by Gasteiger charge is -2.18. The highest BCUT2D eigenvalue weighted by molar-refractivity contribution is 6.00. The van der Waals surface area contributed by atoms with Crippen LogP contribution in [0, 0.1) is 13.8 Å². The van der Waals surface area contributed by atoms with Crippen LogP contribution in [0.5, 0.6) is 11.5 Å². The third-order valence-electron chi connectivity index (χ3n) is 4.32. The molecular formula is C20H21NO4. The molecule has 0 unspecified atom stereocenters. The number of carbonyl (C=O) groups is 2. The molecule has 5 heteroatoms. The van der Waals surface area contributed by atoms with Gasteiger partial charge in [-0.05, 0) is 49.2 Å². The van der Waals surface area contributed by atoms with Gasteiger partial charge in [0, 0.05) is 24.1 Å². The summed E-state index contributed by atoms with van der Waals surface area (Å²) in [5.41, 5.74) is 3.47. The minimum absolute atomic E-state index is 0.0897. The highest BCUT2D eigenvalue weighted by Crippen LogP contribution is 2.31. The summed E-state index contributed by atoms with van der Waals surface area (Å²) < 4.78 is 10.9. The van der Waals surface area contributed by atoms with E-state index in [1.54, 1.807) is 18.2 Å². The Balaban J connectivity index is 1.58. The van der Waals surface area contributed by atoms with Crippen LogP contribution in [0.4, 0.5) is 5.69 Å². The van der Waals surface area contributed by atoms with E-state index >= 15 is 0 Å². The molecule has 3 rings (SSSR count). The molecule has 0 saturated carbocycles. The average Bonchev–Trinajstić information content (AvgIpc) is 2.63. The van der Waals surface area contributed by atoms with Gasteiger partial charge in [-0.25, -0.2) is 0 Å². The Morgan fingerprint density at radius 3 is 2.56 bits per heavy atom. The number of Topliss-reactive ketones (excluding diaryl/α,β-unsaturated/α-hetero) is 1. The summed E-state index contributed by atoms with van der Waals surface area (Å²) in [5.74, 6) is 0.972. The minimum atomic E-state index is -0.167. The first-order valence-electron chi connectivity index (χ1n) is 8.33. The number of ether oxygens (including phenoxy) is 2. The van der Waals surface area contributed by atoms with Crippen LogP contribution in [0.2, 0.25) is 0 Å². The second-order valence-electron chi connectivity index (χ2n) is 6.08. The topological polar surface area (TPSA) is 64.6 Å². The van der Waals surface area contributed by atoms with Crippen LogP contribution in [0.15, 0.2) is 36.4 Å². The molecule has 1 amide bonds. The van der Waals surface area contributed by atoms with Crippen molar-refractivity contribution in [3.63, 3.8) is 0 Å². The number of hydrogen-bond donors (Lipinski definition) is 1. The Morgan fingerprint density at radius 2 is 1.76 bits per heavy atom. The van der Waals surface area contributed by atoms with Crippen LogP contribution < -0.4 is 14.8 Å². The van der Waals surface area contributed by atoms with Crippen molar-refractivity contribution >= 4 is 17.4 Å². The number of ketones is 1. The van der Waals surface area contributed by atoms with Crippen molar-refractivity contribution in [3.05, 3.63) is 53.1 Å². The number of rotatable bonds is 5. The number of fused-ring (bicyclic) bond motifs is 1. The molecule has 0 atom stereocenters. The fraction of sp³-hybridized carbons (Fsp3) is 0.300. The maximum Gasteiger partial charge on any atom is 0.224 e. The van der Waals surface area contributed by atoms with E-state index in [1.165, 1.54) is 0 Å². The zero-order chi connectivity index (χ0) is 17.8. The van der Waals surface area contributed by atoms with E-state index in [4.69, 9.17) is 9.47 Å². The lowest BCUT2D eigenvalue weighted by Crippen LogP contribution is -2.16. The molecule has 0 saturated heterocycles. The van der Waals surface area contributed by atoms with Crippen LogP contribution in [-0.2, 0) is 4.79 Å². The molecule has 2 aromatic rings. The second kappa shape index (κ2) is 7.38. The van der Waals surface area contributed by atoms with Gasteiger partial charge in [-0.1, -0.05) is 12.1 Å². The molecule has 1 N–H and O–H groups in total. The summed E-state index contributed by atoms with van der Waals surface area (Å²) in [4.78, 5) is 24.5. The summed E-state index contributed by atoms with van der Waals surface area (Å²) in [6, 6.07) is 10.9. The Labute approximate surface area is 147 Å². The minimum Gasteiger partial charge on any atom is -0.486 e. The van der Waals surface area contributed by atoms with Gasteiger partial charge in [-0.2, -0.15) is 0 Å². The van der Waals surface area contributed by atoms with Gasteiger partial charge in [-0.3, -0.25) is 9.59 Å². The maximum atomic E-state index is 12.3. The molecule has 1 aliphatic heterocycles. The van der Waals surface area contributed by atoms with Gasteiger partial charge in [0.25, 0.3) is 0 Å². The van der Waals surface area contributed by atoms with E-state index in [0.717, 1.165) is 16.8 Å². The number of hydrogen-bond acceptors (Lipinski definition) is 4. The van der Waals surface area contributed by atoms with Crippen molar-refractivity contribution in [3.8, 4) is 11.5 Å². The van der Waals surface area contributed by atoms with Crippen LogP contribution in [0.3, 0.4) is 0 Å². The van der Waals surface area contributed by atoms with E-state index in [9.17, 15) is 9.59 Å². The monoisotopic (exact) mass is 339 g/mol. The highest BCUT2D eigenvalue weighted by Gasteiger charge is 2.16. The van der Waals surface area contributed by atoms with Crippen molar-refractivity contribution in [2.75, 3.05) is 18.5 Å². The Kier molecular flexibility index (Phi) is 5.03. The Bertz CT molecular complexity index is 813. The smallest absolute Gasteiger partial charge is 0.224 e. The fourth-order valence-corrected chi connectivity index (χ4v) is 2.69. The molecule has 0 aliphatic carbocycles. The summed E-state index contributed by atoms with van der Waals surface area (Å²) >= 11 is 0. The van der Waals surface area contributed by atoms with Gasteiger partial charge in [-0.15, -0.1) is 0 Å². The highest BCUT2D eigenvalue weighted by atomic mass is 16.6. The van der Waals surface area contributed by atoms with Gasteiger partial charge < -0.3 is 14.8 Å². The number of benzene rings is 2. The molecule has 0 radical (unpaired) electrons. The van der Waals surface area contributed by atoms with Crippen LogP contribution in [-0.4, -0.2) is 24.9 Å². The molecule has 25 heavy (non-hydrogen) atoms. The molecule has 0 spiro atoms. The van der Waals surface area contributed by atoms with E-state index in [-0.39, 0.29) is 24.5 Å². The SMILES string of the molecule is Cc1cccc(NC(=O)CCC(=O)c2ccc3c(c2)OCCO3)c1C. The van der Waals surface area contributed by atoms with E-state index in [2.05, 4.69) is 5.32 Å². The summed E-state index contributed by atoms with van der Waals surface area (Å²) in [6.07, 6.45) is 0.289. The van der Waals surface area contributed by atoms with Gasteiger partial charge in [0.2, 0.25) is 5.91 Å². The molecule has 2 aromatic carbocycles. The van der Waals surface area contributed by atoms with Crippen molar-refractivity contribution in [1.29, 1.82) is 0 Å². The molecule has 5 nitrogen and oxygen atoms in total. The van der Waals surface area contributed by atoms with Crippen molar-refractivity contribution in [2.45, 2.75) is 26.7 Å². The summed E-state index contributed by atoms with van der Waals surface area (Å²) in [7, 11) is 0. The number of nitrogens with one attached hydrogen (secondary N) is 1. The van der Waals surface area contributed by atoms with E-state index in [0.29, 0.717) is 30.3 Å². The van der Waals surface area contributed by atoms with Gasteiger partial charge in [0.15, 0.2) is 17.3 Å². The first kappa shape index (κ1) is 17.0.